The minimum absolute atomic E-state index is 0.323. The van der Waals surface area contributed by atoms with Crippen LogP contribution in [0.25, 0.3) is 22.8 Å². The Labute approximate surface area is 199 Å². The van der Waals surface area contributed by atoms with E-state index < -0.39 is 0 Å². The molecule has 0 saturated heterocycles. The van der Waals surface area contributed by atoms with Gasteiger partial charge < -0.3 is 10.1 Å². The van der Waals surface area contributed by atoms with Gasteiger partial charge in [0.25, 0.3) is 0 Å². The Hall–Kier alpha value is -3.06. The molecule has 9 heteroatoms. The molecule has 0 bridgehead atoms. The van der Waals surface area contributed by atoms with Crippen LogP contribution in [0.2, 0.25) is 15.1 Å². The summed E-state index contributed by atoms with van der Waals surface area (Å²) in [5, 5.41) is 13.3. The first-order valence-electron chi connectivity index (χ1n) is 9.50. The van der Waals surface area contributed by atoms with Gasteiger partial charge in [-0.2, -0.15) is 4.80 Å². The Morgan fingerprint density at radius 2 is 1.69 bits per heavy atom. The van der Waals surface area contributed by atoms with Crippen LogP contribution < -0.4 is 10.1 Å². The van der Waals surface area contributed by atoms with Crippen molar-refractivity contribution in [2.24, 2.45) is 0 Å². The summed E-state index contributed by atoms with van der Waals surface area (Å²) >= 11 is 18.2. The normalized spacial score (nSPS) is 11.3. The molecule has 162 valence electrons. The number of aryl methyl sites for hydroxylation is 1. The van der Waals surface area contributed by atoms with E-state index in [1.54, 1.807) is 36.4 Å². The molecule has 0 aliphatic heterocycles. The first kappa shape index (κ1) is 22.1. The lowest BCUT2D eigenvalue weighted by molar-refractivity contribution is -0.111. The van der Waals surface area contributed by atoms with Crippen LogP contribution in [-0.2, 0) is 4.79 Å². The number of carbonyl (C=O) groups excluding carboxylic acids is 1. The minimum atomic E-state index is -0.323. The van der Waals surface area contributed by atoms with E-state index in [1.807, 2.05) is 25.1 Å². The van der Waals surface area contributed by atoms with Gasteiger partial charge in [-0.25, -0.2) is 0 Å². The quantitative estimate of drug-likeness (QED) is 0.333. The van der Waals surface area contributed by atoms with Crippen molar-refractivity contribution in [3.63, 3.8) is 0 Å². The van der Waals surface area contributed by atoms with E-state index in [1.165, 1.54) is 18.0 Å². The number of benzene rings is 3. The Morgan fingerprint density at radius 1 is 1.00 bits per heavy atom. The molecule has 32 heavy (non-hydrogen) atoms. The zero-order valence-corrected chi connectivity index (χ0v) is 19.3. The van der Waals surface area contributed by atoms with E-state index in [-0.39, 0.29) is 5.91 Å². The number of methoxy groups -OCH3 is 1. The van der Waals surface area contributed by atoms with E-state index in [9.17, 15) is 4.79 Å². The molecule has 0 saturated carbocycles. The largest absolute Gasteiger partial charge is 0.495 e. The molecule has 0 aliphatic rings. The summed E-state index contributed by atoms with van der Waals surface area (Å²) in [4.78, 5) is 14.1. The standard InChI is InChI=1S/C23H17Cl3N4O2/c1-13-9-20-21(29-30(28-20)17-6-4-15(24)5-7-17)12-19(13)27-22(31)8-3-14-10-16(25)11-18(26)23(14)32-2/h3-12H,1-2H3,(H,27,31)/b8-3+. The van der Waals surface area contributed by atoms with Gasteiger partial charge in [-0.05, 0) is 67.1 Å². The lowest BCUT2D eigenvalue weighted by Gasteiger charge is -2.08. The van der Waals surface area contributed by atoms with E-state index in [0.717, 1.165) is 11.3 Å². The smallest absolute Gasteiger partial charge is 0.248 e. The molecule has 3 aromatic carbocycles. The number of hydrogen-bond acceptors (Lipinski definition) is 4. The van der Waals surface area contributed by atoms with Gasteiger partial charge in [0, 0.05) is 27.4 Å². The monoisotopic (exact) mass is 486 g/mol. The van der Waals surface area contributed by atoms with Crippen molar-refractivity contribution in [1.82, 2.24) is 15.0 Å². The number of carbonyl (C=O) groups is 1. The molecule has 0 fully saturated rings. The molecule has 0 radical (unpaired) electrons. The highest BCUT2D eigenvalue weighted by molar-refractivity contribution is 6.36. The maximum atomic E-state index is 12.5. The number of nitrogens with one attached hydrogen (secondary N) is 1. The molecule has 1 amide bonds. The molecule has 0 unspecified atom stereocenters. The van der Waals surface area contributed by atoms with Crippen LogP contribution in [0.4, 0.5) is 5.69 Å². The fourth-order valence-corrected chi connectivity index (χ4v) is 3.86. The van der Waals surface area contributed by atoms with Crippen molar-refractivity contribution in [2.45, 2.75) is 6.92 Å². The summed E-state index contributed by atoms with van der Waals surface area (Å²) in [6.07, 6.45) is 2.98. The van der Waals surface area contributed by atoms with Gasteiger partial charge in [0.05, 0.1) is 17.8 Å². The van der Waals surface area contributed by atoms with Gasteiger partial charge in [-0.15, -0.1) is 10.2 Å². The van der Waals surface area contributed by atoms with Gasteiger partial charge >= 0.3 is 0 Å². The van der Waals surface area contributed by atoms with Gasteiger partial charge in [0.2, 0.25) is 5.91 Å². The van der Waals surface area contributed by atoms with Crippen molar-refractivity contribution in [1.29, 1.82) is 0 Å². The summed E-state index contributed by atoms with van der Waals surface area (Å²) < 4.78 is 5.30. The number of nitrogens with zero attached hydrogens (tertiary/aromatic N) is 3. The zero-order valence-electron chi connectivity index (χ0n) is 17.1. The third kappa shape index (κ3) is 4.72. The predicted octanol–water partition coefficient (Wildman–Crippen LogP) is 6.35. The number of anilines is 1. The Morgan fingerprint density at radius 3 is 2.38 bits per heavy atom. The third-order valence-corrected chi connectivity index (χ3v) is 5.45. The average Bonchev–Trinajstić information content (AvgIpc) is 3.15. The Kier molecular flexibility index (Phi) is 6.37. The highest BCUT2D eigenvalue weighted by Crippen LogP contribution is 2.33. The van der Waals surface area contributed by atoms with Crippen LogP contribution in [0.1, 0.15) is 11.1 Å². The number of amides is 1. The number of aromatic nitrogens is 3. The maximum absolute atomic E-state index is 12.5. The van der Waals surface area contributed by atoms with Crippen LogP contribution in [0.5, 0.6) is 5.75 Å². The number of hydrogen-bond donors (Lipinski definition) is 1. The first-order chi connectivity index (χ1) is 15.3. The van der Waals surface area contributed by atoms with Crippen molar-refractivity contribution < 1.29 is 9.53 Å². The molecule has 0 aliphatic carbocycles. The van der Waals surface area contributed by atoms with Gasteiger partial charge in [-0.1, -0.05) is 34.8 Å². The zero-order chi connectivity index (χ0) is 22.8. The van der Waals surface area contributed by atoms with Crippen LogP contribution in [0.15, 0.2) is 54.6 Å². The van der Waals surface area contributed by atoms with Crippen molar-refractivity contribution in [3.05, 3.63) is 80.8 Å². The molecule has 4 aromatic rings. The second-order valence-electron chi connectivity index (χ2n) is 6.95. The van der Waals surface area contributed by atoms with Crippen LogP contribution in [-0.4, -0.2) is 28.0 Å². The summed E-state index contributed by atoms with van der Waals surface area (Å²) in [7, 11) is 1.50. The lowest BCUT2D eigenvalue weighted by atomic mass is 10.1. The van der Waals surface area contributed by atoms with Gasteiger partial charge in [-0.3, -0.25) is 4.79 Å². The summed E-state index contributed by atoms with van der Waals surface area (Å²) in [6.45, 7) is 1.89. The molecule has 1 heterocycles. The van der Waals surface area contributed by atoms with E-state index in [0.29, 0.717) is 43.1 Å². The second-order valence-corrected chi connectivity index (χ2v) is 8.23. The van der Waals surface area contributed by atoms with Crippen molar-refractivity contribution in [2.75, 3.05) is 12.4 Å². The topological polar surface area (TPSA) is 69.0 Å². The number of ether oxygens (including phenoxy) is 1. The molecule has 0 spiro atoms. The Bertz CT molecular complexity index is 1350. The highest BCUT2D eigenvalue weighted by atomic mass is 35.5. The number of rotatable bonds is 5. The fourth-order valence-electron chi connectivity index (χ4n) is 3.15. The number of fused-ring (bicyclic) bond motifs is 1. The lowest BCUT2D eigenvalue weighted by Crippen LogP contribution is -2.09. The molecular formula is C23H17Cl3N4O2. The molecule has 6 nitrogen and oxygen atoms in total. The van der Waals surface area contributed by atoms with Gasteiger partial charge in [0.1, 0.15) is 16.8 Å². The molecule has 4 rings (SSSR count). The third-order valence-electron chi connectivity index (χ3n) is 4.70. The van der Waals surface area contributed by atoms with Crippen molar-refractivity contribution >= 4 is 63.5 Å². The molecule has 1 aromatic heterocycles. The minimum Gasteiger partial charge on any atom is -0.495 e. The summed E-state index contributed by atoms with van der Waals surface area (Å²) in [5.41, 5.74) is 4.22. The highest BCUT2D eigenvalue weighted by Gasteiger charge is 2.11. The second kappa shape index (κ2) is 9.20. The fraction of sp³-hybridized carbons (Fsp3) is 0.0870. The molecular weight excluding hydrogens is 471 g/mol. The number of halogens is 3. The Balaban J connectivity index is 1.57. The average molecular weight is 488 g/mol. The predicted molar refractivity (Wildman–Crippen MR) is 129 cm³/mol. The SMILES string of the molecule is COc1c(Cl)cc(Cl)cc1/C=C/C(=O)Nc1cc2nn(-c3ccc(Cl)cc3)nc2cc1C. The van der Waals surface area contributed by atoms with Crippen molar-refractivity contribution in [3.8, 4) is 11.4 Å². The molecule has 0 atom stereocenters. The summed E-state index contributed by atoms with van der Waals surface area (Å²) in [5.74, 6) is 0.118. The van der Waals surface area contributed by atoms with Crippen LogP contribution in [0, 0.1) is 6.92 Å². The van der Waals surface area contributed by atoms with Crippen LogP contribution in [0.3, 0.4) is 0 Å². The first-order valence-corrected chi connectivity index (χ1v) is 10.6. The van der Waals surface area contributed by atoms with E-state index >= 15 is 0 Å². The van der Waals surface area contributed by atoms with E-state index in [4.69, 9.17) is 39.5 Å². The molecule has 1 N–H and O–H groups in total. The van der Waals surface area contributed by atoms with Gasteiger partial charge in [0.15, 0.2) is 0 Å². The van der Waals surface area contributed by atoms with E-state index in [2.05, 4.69) is 15.5 Å². The van der Waals surface area contributed by atoms with Crippen LogP contribution >= 0.6 is 34.8 Å². The maximum Gasteiger partial charge on any atom is 0.248 e. The summed E-state index contributed by atoms with van der Waals surface area (Å²) in [6, 6.07) is 14.1.